The minimum Gasteiger partial charge on any atom is -0.356 e. The fourth-order valence-corrected chi connectivity index (χ4v) is 2.03. The summed E-state index contributed by atoms with van der Waals surface area (Å²) in [7, 11) is 1.69. The van der Waals surface area contributed by atoms with Crippen LogP contribution in [0.5, 0.6) is 0 Å². The molecule has 0 saturated heterocycles. The Balaban J connectivity index is 2.21. The second kappa shape index (κ2) is 3.83. The predicted octanol–water partition coefficient (Wildman–Crippen LogP) is 1.94. The SMILES string of the molecule is O=S(=O)(Cl)CCc1ccc2oncc2c1. The van der Waals surface area contributed by atoms with Crippen LogP contribution < -0.4 is 0 Å². The highest BCUT2D eigenvalue weighted by Crippen LogP contribution is 2.16. The van der Waals surface area contributed by atoms with E-state index in [-0.39, 0.29) is 5.75 Å². The minimum atomic E-state index is -3.43. The van der Waals surface area contributed by atoms with Gasteiger partial charge in [-0.15, -0.1) is 0 Å². The molecule has 80 valence electrons. The molecule has 0 atom stereocenters. The van der Waals surface area contributed by atoms with Gasteiger partial charge >= 0.3 is 0 Å². The Labute approximate surface area is 91.2 Å². The third-order valence-corrected chi connectivity index (χ3v) is 3.21. The van der Waals surface area contributed by atoms with E-state index in [9.17, 15) is 8.42 Å². The van der Waals surface area contributed by atoms with E-state index in [4.69, 9.17) is 15.2 Å². The Hall–Kier alpha value is -1.07. The van der Waals surface area contributed by atoms with Crippen molar-refractivity contribution in [3.8, 4) is 0 Å². The Kier molecular flexibility index (Phi) is 2.67. The van der Waals surface area contributed by atoms with Gasteiger partial charge < -0.3 is 4.52 Å². The topological polar surface area (TPSA) is 60.2 Å². The van der Waals surface area contributed by atoms with Gasteiger partial charge in [-0.1, -0.05) is 11.2 Å². The number of hydrogen-bond donors (Lipinski definition) is 0. The van der Waals surface area contributed by atoms with E-state index in [0.717, 1.165) is 10.9 Å². The van der Waals surface area contributed by atoms with Crippen LogP contribution in [0.3, 0.4) is 0 Å². The van der Waals surface area contributed by atoms with Gasteiger partial charge in [-0.2, -0.15) is 0 Å². The van der Waals surface area contributed by atoms with Crippen LogP contribution in [0.4, 0.5) is 0 Å². The summed E-state index contributed by atoms with van der Waals surface area (Å²) in [5.41, 5.74) is 1.59. The van der Waals surface area contributed by atoms with Gasteiger partial charge in [-0.25, -0.2) is 8.42 Å². The molecule has 1 aromatic heterocycles. The van der Waals surface area contributed by atoms with E-state index in [1.54, 1.807) is 18.3 Å². The lowest BCUT2D eigenvalue weighted by Crippen LogP contribution is -2.00. The third-order valence-electron chi connectivity index (χ3n) is 2.05. The molecule has 1 heterocycles. The largest absolute Gasteiger partial charge is 0.356 e. The van der Waals surface area contributed by atoms with Gasteiger partial charge in [-0.05, 0) is 24.1 Å². The normalized spacial score (nSPS) is 12.1. The molecular formula is C9H8ClNO3S. The number of benzene rings is 1. The fraction of sp³-hybridized carbons (Fsp3) is 0.222. The lowest BCUT2D eigenvalue weighted by Gasteiger charge is -1.98. The van der Waals surface area contributed by atoms with Crippen LogP contribution in [0.2, 0.25) is 0 Å². The van der Waals surface area contributed by atoms with Gasteiger partial charge in [0.25, 0.3) is 0 Å². The van der Waals surface area contributed by atoms with E-state index in [1.807, 2.05) is 6.07 Å². The number of aryl methyl sites for hydroxylation is 1. The fourth-order valence-electron chi connectivity index (χ4n) is 1.32. The highest BCUT2D eigenvalue weighted by Gasteiger charge is 2.06. The maximum Gasteiger partial charge on any atom is 0.232 e. The van der Waals surface area contributed by atoms with Crippen LogP contribution in [0, 0.1) is 0 Å². The molecule has 0 radical (unpaired) electrons. The number of aromatic nitrogens is 1. The first-order valence-electron chi connectivity index (χ1n) is 4.30. The first-order chi connectivity index (χ1) is 7.04. The van der Waals surface area contributed by atoms with E-state index in [2.05, 4.69) is 5.16 Å². The Bertz CT molecular complexity index is 576. The van der Waals surface area contributed by atoms with E-state index < -0.39 is 9.05 Å². The molecule has 2 rings (SSSR count). The first-order valence-corrected chi connectivity index (χ1v) is 6.78. The van der Waals surface area contributed by atoms with Crippen LogP contribution in [0.15, 0.2) is 28.9 Å². The van der Waals surface area contributed by atoms with Crippen molar-refractivity contribution < 1.29 is 12.9 Å². The maximum atomic E-state index is 10.8. The number of halogens is 1. The predicted molar refractivity (Wildman–Crippen MR) is 57.4 cm³/mol. The molecule has 1 aromatic carbocycles. The molecule has 0 unspecified atom stereocenters. The first kappa shape index (κ1) is 10.4. The van der Waals surface area contributed by atoms with Crippen molar-refractivity contribution in [2.75, 3.05) is 5.75 Å². The zero-order chi connectivity index (χ0) is 10.9. The average Bonchev–Trinajstić information content (AvgIpc) is 2.60. The van der Waals surface area contributed by atoms with Crippen molar-refractivity contribution in [3.63, 3.8) is 0 Å². The Morgan fingerprint density at radius 3 is 2.93 bits per heavy atom. The second-order valence-corrected chi connectivity index (χ2v) is 6.09. The summed E-state index contributed by atoms with van der Waals surface area (Å²) in [6, 6.07) is 5.40. The monoisotopic (exact) mass is 245 g/mol. The number of nitrogens with zero attached hydrogens (tertiary/aromatic N) is 1. The lowest BCUT2D eigenvalue weighted by atomic mass is 10.1. The third kappa shape index (κ3) is 2.70. The van der Waals surface area contributed by atoms with Gasteiger partial charge in [0.15, 0.2) is 5.58 Å². The summed E-state index contributed by atoms with van der Waals surface area (Å²) in [5, 5.41) is 4.49. The summed E-state index contributed by atoms with van der Waals surface area (Å²) in [6.45, 7) is 0. The molecule has 0 spiro atoms. The van der Waals surface area contributed by atoms with Crippen LogP contribution in [0.1, 0.15) is 5.56 Å². The van der Waals surface area contributed by atoms with Crippen LogP contribution in [0.25, 0.3) is 11.0 Å². The zero-order valence-corrected chi connectivity index (χ0v) is 9.25. The van der Waals surface area contributed by atoms with Crippen molar-refractivity contribution in [1.29, 1.82) is 0 Å². The van der Waals surface area contributed by atoms with Gasteiger partial charge in [0.2, 0.25) is 9.05 Å². The molecule has 0 bridgehead atoms. The number of hydrogen-bond acceptors (Lipinski definition) is 4. The van der Waals surface area contributed by atoms with Crippen molar-refractivity contribution in [2.45, 2.75) is 6.42 Å². The molecule has 15 heavy (non-hydrogen) atoms. The second-order valence-electron chi connectivity index (χ2n) is 3.19. The van der Waals surface area contributed by atoms with Gasteiger partial charge in [-0.3, -0.25) is 0 Å². The van der Waals surface area contributed by atoms with E-state index >= 15 is 0 Å². The van der Waals surface area contributed by atoms with Crippen LogP contribution in [-0.4, -0.2) is 19.3 Å². The molecule has 4 nitrogen and oxygen atoms in total. The molecule has 0 fully saturated rings. The lowest BCUT2D eigenvalue weighted by molar-refractivity contribution is 0.456. The van der Waals surface area contributed by atoms with Gasteiger partial charge in [0.05, 0.1) is 11.9 Å². The Morgan fingerprint density at radius 1 is 1.40 bits per heavy atom. The van der Waals surface area contributed by atoms with Crippen molar-refractivity contribution in [3.05, 3.63) is 30.0 Å². The van der Waals surface area contributed by atoms with Gasteiger partial charge in [0, 0.05) is 16.1 Å². The standard InChI is InChI=1S/C9H8ClNO3S/c10-15(12,13)4-3-7-1-2-9-8(5-7)6-11-14-9/h1-2,5-6H,3-4H2. The zero-order valence-electron chi connectivity index (χ0n) is 7.68. The molecule has 2 aromatic rings. The quantitative estimate of drug-likeness (QED) is 0.776. The van der Waals surface area contributed by atoms with Crippen molar-refractivity contribution >= 4 is 30.7 Å². The van der Waals surface area contributed by atoms with Gasteiger partial charge in [0.1, 0.15) is 0 Å². The molecular weight excluding hydrogens is 238 g/mol. The van der Waals surface area contributed by atoms with Crippen molar-refractivity contribution in [1.82, 2.24) is 5.16 Å². The maximum absolute atomic E-state index is 10.8. The van der Waals surface area contributed by atoms with E-state index in [0.29, 0.717) is 12.0 Å². The van der Waals surface area contributed by atoms with Crippen LogP contribution >= 0.6 is 10.7 Å². The highest BCUT2D eigenvalue weighted by molar-refractivity contribution is 8.13. The molecule has 0 amide bonds. The molecule has 0 aliphatic heterocycles. The number of rotatable bonds is 3. The highest BCUT2D eigenvalue weighted by atomic mass is 35.7. The van der Waals surface area contributed by atoms with Crippen LogP contribution in [-0.2, 0) is 15.5 Å². The molecule has 6 heteroatoms. The van der Waals surface area contributed by atoms with E-state index in [1.165, 1.54) is 0 Å². The summed E-state index contributed by atoms with van der Waals surface area (Å²) in [5.74, 6) is -0.0641. The summed E-state index contributed by atoms with van der Waals surface area (Å²) in [6.07, 6.45) is 1.99. The molecule has 0 saturated carbocycles. The summed E-state index contributed by atoms with van der Waals surface area (Å²) < 4.78 is 26.4. The number of fused-ring (bicyclic) bond motifs is 1. The molecule has 0 N–H and O–H groups in total. The molecule has 0 aliphatic carbocycles. The minimum absolute atomic E-state index is 0.0641. The Morgan fingerprint density at radius 2 is 2.20 bits per heavy atom. The summed E-state index contributed by atoms with van der Waals surface area (Å²) in [4.78, 5) is 0. The summed E-state index contributed by atoms with van der Waals surface area (Å²) >= 11 is 0. The molecule has 0 aliphatic rings. The van der Waals surface area contributed by atoms with Crippen molar-refractivity contribution in [2.24, 2.45) is 0 Å². The average molecular weight is 246 g/mol. The smallest absolute Gasteiger partial charge is 0.232 e.